The first kappa shape index (κ1) is 21.2. The van der Waals surface area contributed by atoms with Gasteiger partial charge in [0, 0.05) is 11.6 Å². The molecule has 6 heteroatoms. The van der Waals surface area contributed by atoms with E-state index >= 15 is 0 Å². The smallest absolute Gasteiger partial charge is 0.274 e. The normalized spacial score (nSPS) is 12.0. The fraction of sp³-hybridized carbons (Fsp3) is 0.273. The van der Waals surface area contributed by atoms with E-state index in [1.165, 1.54) is 6.08 Å². The number of hydroxylamine groups is 1. The minimum Gasteiger partial charge on any atom is -0.491 e. The molecule has 0 bridgehead atoms. The number of nitrogens with one attached hydrogen (secondary N) is 2. The molecule has 0 spiro atoms. The third kappa shape index (κ3) is 7.25. The van der Waals surface area contributed by atoms with E-state index in [0.29, 0.717) is 23.8 Å². The van der Waals surface area contributed by atoms with Gasteiger partial charge in [0.15, 0.2) is 0 Å². The molecule has 148 valence electrons. The predicted octanol–water partition coefficient (Wildman–Crippen LogP) is 3.43. The van der Waals surface area contributed by atoms with Crippen molar-refractivity contribution in [1.82, 2.24) is 10.8 Å². The summed E-state index contributed by atoms with van der Waals surface area (Å²) < 4.78 is 5.77. The van der Waals surface area contributed by atoms with Crippen LogP contribution in [0.3, 0.4) is 0 Å². The van der Waals surface area contributed by atoms with E-state index in [-0.39, 0.29) is 11.9 Å². The molecule has 0 aliphatic rings. The molecule has 0 aromatic heterocycles. The molecular weight excluding hydrogens is 356 g/mol. The Kier molecular flexibility index (Phi) is 8.24. The van der Waals surface area contributed by atoms with Crippen molar-refractivity contribution in [2.24, 2.45) is 5.92 Å². The van der Waals surface area contributed by atoms with Crippen LogP contribution in [0, 0.1) is 5.92 Å². The number of hydrogen-bond acceptors (Lipinski definition) is 4. The van der Waals surface area contributed by atoms with Gasteiger partial charge in [-0.25, -0.2) is 5.48 Å². The van der Waals surface area contributed by atoms with Gasteiger partial charge in [-0.2, -0.15) is 0 Å². The predicted molar refractivity (Wildman–Crippen MR) is 108 cm³/mol. The number of hydrogen-bond donors (Lipinski definition) is 3. The highest BCUT2D eigenvalue weighted by molar-refractivity contribution is 5.93. The largest absolute Gasteiger partial charge is 0.491 e. The molecule has 0 radical (unpaired) electrons. The van der Waals surface area contributed by atoms with Gasteiger partial charge < -0.3 is 10.1 Å². The minimum absolute atomic E-state index is 0.145. The van der Waals surface area contributed by atoms with Crippen LogP contribution >= 0.6 is 0 Å². The molecule has 2 rings (SSSR count). The molecule has 0 saturated carbocycles. The quantitative estimate of drug-likeness (QED) is 0.352. The van der Waals surface area contributed by atoms with E-state index in [0.717, 1.165) is 12.0 Å². The fourth-order valence-corrected chi connectivity index (χ4v) is 2.69. The number of ether oxygens (including phenoxy) is 1. The van der Waals surface area contributed by atoms with Crippen LogP contribution in [0.4, 0.5) is 0 Å². The van der Waals surface area contributed by atoms with Crippen molar-refractivity contribution in [1.29, 1.82) is 0 Å². The lowest BCUT2D eigenvalue weighted by molar-refractivity contribution is -0.117. The maximum atomic E-state index is 12.3. The van der Waals surface area contributed by atoms with Gasteiger partial charge in [-0.05, 0) is 48.2 Å². The van der Waals surface area contributed by atoms with Gasteiger partial charge in [0.25, 0.3) is 5.91 Å². The van der Waals surface area contributed by atoms with Crippen LogP contribution in [0.25, 0.3) is 6.08 Å². The first-order valence-electron chi connectivity index (χ1n) is 9.19. The summed E-state index contributed by atoms with van der Waals surface area (Å²) in [5, 5.41) is 11.6. The van der Waals surface area contributed by atoms with Gasteiger partial charge in [0.1, 0.15) is 12.4 Å². The monoisotopic (exact) mass is 382 g/mol. The average molecular weight is 382 g/mol. The van der Waals surface area contributed by atoms with Crippen LogP contribution in [-0.2, 0) is 4.79 Å². The van der Waals surface area contributed by atoms with Crippen molar-refractivity contribution in [3.63, 3.8) is 0 Å². The van der Waals surface area contributed by atoms with E-state index in [1.54, 1.807) is 35.8 Å². The van der Waals surface area contributed by atoms with Crippen LogP contribution in [-0.4, -0.2) is 29.7 Å². The number of amides is 2. The van der Waals surface area contributed by atoms with Crippen LogP contribution in [0.2, 0.25) is 0 Å². The standard InChI is InChI=1S/C22H26N2O4/c1-16(2)14-19(23-21(25)13-8-17-6-4-3-5-7-17)15-28-20-11-9-18(10-12-20)22(26)24-27/h3-13,16,19,27H,14-15H2,1-2H3,(H,23,25)(H,24,26)/b13-8+/t19-/m0/s1. The summed E-state index contributed by atoms with van der Waals surface area (Å²) in [6.07, 6.45) is 4.06. The van der Waals surface area contributed by atoms with Gasteiger partial charge in [-0.1, -0.05) is 44.2 Å². The second-order valence-corrected chi connectivity index (χ2v) is 6.86. The van der Waals surface area contributed by atoms with E-state index in [1.807, 2.05) is 30.3 Å². The zero-order valence-corrected chi connectivity index (χ0v) is 16.1. The van der Waals surface area contributed by atoms with E-state index < -0.39 is 5.91 Å². The summed E-state index contributed by atoms with van der Waals surface area (Å²) in [6.45, 7) is 4.48. The molecule has 0 heterocycles. The molecule has 6 nitrogen and oxygen atoms in total. The van der Waals surface area contributed by atoms with Gasteiger partial charge in [0.2, 0.25) is 5.91 Å². The van der Waals surface area contributed by atoms with Crippen molar-refractivity contribution in [2.75, 3.05) is 6.61 Å². The summed E-state index contributed by atoms with van der Waals surface area (Å²) >= 11 is 0. The second-order valence-electron chi connectivity index (χ2n) is 6.86. The number of carbonyl (C=O) groups is 2. The highest BCUT2D eigenvalue weighted by Gasteiger charge is 2.14. The van der Waals surface area contributed by atoms with Crippen LogP contribution in [0.15, 0.2) is 60.7 Å². The van der Waals surface area contributed by atoms with Gasteiger partial charge >= 0.3 is 0 Å². The highest BCUT2D eigenvalue weighted by Crippen LogP contribution is 2.14. The average Bonchev–Trinajstić information content (AvgIpc) is 2.70. The lowest BCUT2D eigenvalue weighted by Crippen LogP contribution is -2.39. The molecule has 3 N–H and O–H groups in total. The summed E-state index contributed by atoms with van der Waals surface area (Å²) in [7, 11) is 0. The molecule has 2 aromatic rings. The topological polar surface area (TPSA) is 87.7 Å². The second kappa shape index (κ2) is 10.9. The van der Waals surface area contributed by atoms with Crippen LogP contribution in [0.1, 0.15) is 36.2 Å². The maximum Gasteiger partial charge on any atom is 0.274 e. The summed E-state index contributed by atoms with van der Waals surface area (Å²) in [5.41, 5.74) is 2.87. The van der Waals surface area contributed by atoms with Crippen molar-refractivity contribution in [2.45, 2.75) is 26.3 Å². The van der Waals surface area contributed by atoms with Crippen molar-refractivity contribution >= 4 is 17.9 Å². The van der Waals surface area contributed by atoms with E-state index in [2.05, 4.69) is 19.2 Å². The Labute approximate surface area is 165 Å². The summed E-state index contributed by atoms with van der Waals surface area (Å²) in [6, 6.07) is 15.9. The number of carbonyl (C=O) groups excluding carboxylic acids is 2. The molecule has 1 atom stereocenters. The lowest BCUT2D eigenvalue weighted by Gasteiger charge is -2.20. The van der Waals surface area contributed by atoms with E-state index in [9.17, 15) is 9.59 Å². The molecule has 0 saturated heterocycles. The zero-order chi connectivity index (χ0) is 20.4. The Hall–Kier alpha value is -3.12. The summed E-state index contributed by atoms with van der Waals surface area (Å²) in [5.74, 6) is 0.217. The molecule has 0 fully saturated rings. The molecule has 2 aromatic carbocycles. The van der Waals surface area contributed by atoms with Crippen LogP contribution < -0.4 is 15.5 Å². The SMILES string of the molecule is CC(C)C[C@@H](COc1ccc(C(=O)NO)cc1)NC(=O)/C=C/c1ccccc1. The molecular formula is C22H26N2O4. The van der Waals surface area contributed by atoms with Crippen molar-refractivity contribution in [3.8, 4) is 5.75 Å². The Morgan fingerprint density at radius 2 is 1.75 bits per heavy atom. The highest BCUT2D eigenvalue weighted by atomic mass is 16.5. The first-order valence-corrected chi connectivity index (χ1v) is 9.19. The Morgan fingerprint density at radius 3 is 2.36 bits per heavy atom. The Balaban J connectivity index is 1.92. The van der Waals surface area contributed by atoms with Gasteiger partial charge in [0.05, 0.1) is 6.04 Å². The number of rotatable bonds is 9. The molecule has 28 heavy (non-hydrogen) atoms. The molecule has 0 aliphatic carbocycles. The van der Waals surface area contributed by atoms with Crippen LogP contribution in [0.5, 0.6) is 5.75 Å². The number of benzene rings is 2. The zero-order valence-electron chi connectivity index (χ0n) is 16.1. The Bertz CT molecular complexity index is 786. The Morgan fingerprint density at radius 1 is 1.07 bits per heavy atom. The third-order valence-corrected chi connectivity index (χ3v) is 4.00. The van der Waals surface area contributed by atoms with Gasteiger partial charge in [-0.15, -0.1) is 0 Å². The van der Waals surface area contributed by atoms with Crippen molar-refractivity contribution in [3.05, 3.63) is 71.8 Å². The minimum atomic E-state index is -0.582. The molecule has 0 aliphatic heterocycles. The third-order valence-electron chi connectivity index (χ3n) is 4.00. The molecule has 2 amide bonds. The first-order chi connectivity index (χ1) is 13.5. The fourth-order valence-electron chi connectivity index (χ4n) is 2.69. The molecule has 0 unspecified atom stereocenters. The van der Waals surface area contributed by atoms with Crippen molar-refractivity contribution < 1.29 is 19.5 Å². The van der Waals surface area contributed by atoms with Gasteiger partial charge in [-0.3, -0.25) is 14.8 Å². The van der Waals surface area contributed by atoms with E-state index in [4.69, 9.17) is 9.94 Å². The summed E-state index contributed by atoms with van der Waals surface area (Å²) in [4.78, 5) is 23.6. The maximum absolute atomic E-state index is 12.3. The lowest BCUT2D eigenvalue weighted by atomic mass is 10.0.